The molecule has 6 nitrogen and oxygen atoms in total. The third-order valence-corrected chi connectivity index (χ3v) is 3.35. The van der Waals surface area contributed by atoms with Gasteiger partial charge in [-0.15, -0.1) is 11.6 Å². The fourth-order valence-corrected chi connectivity index (χ4v) is 2.14. The van der Waals surface area contributed by atoms with Crippen LogP contribution >= 0.6 is 11.6 Å². The number of benzene rings is 1. The second kappa shape index (κ2) is 12.0. The number of rotatable bonds is 11. The molecule has 0 aliphatic rings. The summed E-state index contributed by atoms with van der Waals surface area (Å²) < 4.78 is 11.1. The number of nitrogens with one attached hydrogen (secondary N) is 2. The van der Waals surface area contributed by atoms with E-state index in [-0.39, 0.29) is 5.57 Å². The van der Waals surface area contributed by atoms with E-state index >= 15 is 0 Å². The first-order valence-electron chi connectivity index (χ1n) is 8.22. The topological polar surface area (TPSA) is 83.4 Å². The molecule has 0 spiro atoms. The molecule has 0 unspecified atom stereocenters. The molecule has 1 amide bonds. The monoisotopic (exact) mass is 365 g/mol. The molecule has 0 atom stereocenters. The van der Waals surface area contributed by atoms with Gasteiger partial charge >= 0.3 is 0 Å². The van der Waals surface area contributed by atoms with Gasteiger partial charge in [-0.1, -0.05) is 6.07 Å². The molecule has 0 heterocycles. The van der Waals surface area contributed by atoms with E-state index in [9.17, 15) is 4.79 Å². The molecule has 0 aliphatic carbocycles. The molecular formula is C18H24ClN3O3. The van der Waals surface area contributed by atoms with Crippen LogP contribution in [-0.2, 0) is 11.2 Å². The zero-order valence-electron chi connectivity index (χ0n) is 14.6. The van der Waals surface area contributed by atoms with Crippen LogP contribution in [0.1, 0.15) is 19.4 Å². The molecule has 0 aromatic heterocycles. The lowest BCUT2D eigenvalue weighted by atomic mass is 10.1. The summed E-state index contributed by atoms with van der Waals surface area (Å²) in [6.45, 7) is 5.89. The Bertz CT molecular complexity index is 626. The van der Waals surface area contributed by atoms with Crippen LogP contribution in [0.5, 0.6) is 11.5 Å². The SMILES string of the molecule is CCOc1ccc(CCN/C=C(/C#N)C(=O)NCCCl)cc1OCC. The number of carbonyl (C=O) groups excluding carboxylic acids is 1. The van der Waals surface area contributed by atoms with Crippen LogP contribution in [0.15, 0.2) is 30.0 Å². The van der Waals surface area contributed by atoms with Crippen LogP contribution < -0.4 is 20.1 Å². The lowest BCUT2D eigenvalue weighted by molar-refractivity contribution is -0.117. The number of hydrogen-bond acceptors (Lipinski definition) is 5. The Balaban J connectivity index is 2.60. The maximum Gasteiger partial charge on any atom is 0.263 e. The molecular weight excluding hydrogens is 342 g/mol. The Kier molecular flexibility index (Phi) is 9.95. The predicted octanol–water partition coefficient (Wildman–Crippen LogP) is 2.38. The standard InChI is InChI=1S/C18H24ClN3O3/c1-3-24-16-6-5-14(11-17(16)25-4-2)7-9-21-13-15(12-20)18(23)22-10-8-19/h5-6,11,13,21H,3-4,7-10H2,1-2H3,(H,22,23)/b15-13-. The Labute approximate surface area is 153 Å². The van der Waals surface area contributed by atoms with Gasteiger partial charge in [-0.05, 0) is 38.0 Å². The minimum atomic E-state index is -0.435. The zero-order chi connectivity index (χ0) is 18.5. The van der Waals surface area contributed by atoms with Crippen molar-refractivity contribution in [2.45, 2.75) is 20.3 Å². The second-order valence-electron chi connectivity index (χ2n) is 4.97. The highest BCUT2D eigenvalue weighted by molar-refractivity contribution is 6.18. The molecule has 0 fully saturated rings. The van der Waals surface area contributed by atoms with Crippen LogP contribution in [0.3, 0.4) is 0 Å². The van der Waals surface area contributed by atoms with E-state index in [4.69, 9.17) is 26.3 Å². The zero-order valence-corrected chi connectivity index (χ0v) is 15.4. The van der Waals surface area contributed by atoms with Crippen molar-refractivity contribution in [3.8, 4) is 17.6 Å². The first-order valence-corrected chi connectivity index (χ1v) is 8.76. The van der Waals surface area contributed by atoms with Crippen LogP contribution in [0.2, 0.25) is 0 Å². The van der Waals surface area contributed by atoms with Crippen molar-refractivity contribution in [3.05, 3.63) is 35.5 Å². The van der Waals surface area contributed by atoms with Crippen molar-refractivity contribution in [2.24, 2.45) is 0 Å². The van der Waals surface area contributed by atoms with Crippen molar-refractivity contribution < 1.29 is 14.3 Å². The summed E-state index contributed by atoms with van der Waals surface area (Å²) in [6, 6.07) is 7.66. The number of halogens is 1. The van der Waals surface area contributed by atoms with Gasteiger partial charge in [-0.2, -0.15) is 5.26 Å². The number of nitrogens with zero attached hydrogens (tertiary/aromatic N) is 1. The first-order chi connectivity index (χ1) is 12.2. The van der Waals surface area contributed by atoms with Gasteiger partial charge in [-0.3, -0.25) is 4.79 Å². The van der Waals surface area contributed by atoms with E-state index < -0.39 is 5.91 Å². The van der Waals surface area contributed by atoms with E-state index in [1.807, 2.05) is 38.1 Å². The van der Waals surface area contributed by atoms with E-state index in [1.165, 1.54) is 6.20 Å². The Morgan fingerprint density at radius 1 is 1.24 bits per heavy atom. The largest absolute Gasteiger partial charge is 0.490 e. The maximum atomic E-state index is 11.7. The fraction of sp³-hybridized carbons (Fsp3) is 0.444. The molecule has 0 saturated carbocycles. The van der Waals surface area contributed by atoms with Crippen molar-refractivity contribution >= 4 is 17.5 Å². The van der Waals surface area contributed by atoms with Gasteiger partial charge in [0.2, 0.25) is 0 Å². The minimum Gasteiger partial charge on any atom is -0.490 e. The van der Waals surface area contributed by atoms with Crippen molar-refractivity contribution in [2.75, 3.05) is 32.2 Å². The smallest absolute Gasteiger partial charge is 0.263 e. The van der Waals surface area contributed by atoms with Gasteiger partial charge in [0, 0.05) is 25.2 Å². The van der Waals surface area contributed by atoms with E-state index in [2.05, 4.69) is 10.6 Å². The quantitative estimate of drug-likeness (QED) is 0.272. The van der Waals surface area contributed by atoms with E-state index in [0.29, 0.717) is 38.6 Å². The summed E-state index contributed by atoms with van der Waals surface area (Å²) in [5.74, 6) is 1.31. The number of carbonyl (C=O) groups is 1. The number of ether oxygens (including phenoxy) is 2. The molecule has 0 bridgehead atoms. The minimum absolute atomic E-state index is 0.0202. The van der Waals surface area contributed by atoms with Gasteiger partial charge in [0.25, 0.3) is 5.91 Å². The molecule has 1 aromatic carbocycles. The van der Waals surface area contributed by atoms with E-state index in [0.717, 1.165) is 17.1 Å². The Morgan fingerprint density at radius 3 is 2.60 bits per heavy atom. The normalized spacial score (nSPS) is 10.7. The number of amides is 1. The lowest BCUT2D eigenvalue weighted by Crippen LogP contribution is -2.27. The van der Waals surface area contributed by atoms with Gasteiger partial charge in [0.1, 0.15) is 11.6 Å². The molecule has 25 heavy (non-hydrogen) atoms. The van der Waals surface area contributed by atoms with Crippen LogP contribution in [0, 0.1) is 11.3 Å². The number of nitriles is 1. The van der Waals surface area contributed by atoms with Crippen LogP contribution in [-0.4, -0.2) is 38.1 Å². The predicted molar refractivity (Wildman–Crippen MR) is 97.9 cm³/mol. The molecule has 0 saturated heterocycles. The van der Waals surface area contributed by atoms with Crippen molar-refractivity contribution in [3.63, 3.8) is 0 Å². The molecule has 2 N–H and O–H groups in total. The van der Waals surface area contributed by atoms with Gasteiger partial charge in [-0.25, -0.2) is 0 Å². The highest BCUT2D eigenvalue weighted by Crippen LogP contribution is 2.28. The Morgan fingerprint density at radius 2 is 1.96 bits per heavy atom. The third-order valence-electron chi connectivity index (χ3n) is 3.16. The summed E-state index contributed by atoms with van der Waals surface area (Å²) >= 11 is 5.50. The maximum absolute atomic E-state index is 11.7. The highest BCUT2D eigenvalue weighted by atomic mass is 35.5. The van der Waals surface area contributed by atoms with Gasteiger partial charge < -0.3 is 20.1 Å². The molecule has 1 aromatic rings. The highest BCUT2D eigenvalue weighted by Gasteiger charge is 2.08. The van der Waals surface area contributed by atoms with Gasteiger partial charge in [0.05, 0.1) is 13.2 Å². The molecule has 0 radical (unpaired) electrons. The third kappa shape index (κ3) is 7.36. The Hall–Kier alpha value is -2.39. The average molecular weight is 366 g/mol. The van der Waals surface area contributed by atoms with Crippen LogP contribution in [0.4, 0.5) is 0 Å². The summed E-state index contributed by atoms with van der Waals surface area (Å²) in [6.07, 6.45) is 2.13. The summed E-state index contributed by atoms with van der Waals surface area (Å²) in [7, 11) is 0. The number of hydrogen-bond donors (Lipinski definition) is 2. The van der Waals surface area contributed by atoms with Crippen molar-refractivity contribution in [1.29, 1.82) is 5.26 Å². The second-order valence-corrected chi connectivity index (χ2v) is 5.34. The summed E-state index contributed by atoms with van der Waals surface area (Å²) in [5.41, 5.74) is 1.09. The van der Waals surface area contributed by atoms with Crippen LogP contribution in [0.25, 0.3) is 0 Å². The molecule has 7 heteroatoms. The molecule has 136 valence electrons. The fourth-order valence-electron chi connectivity index (χ4n) is 2.05. The van der Waals surface area contributed by atoms with Crippen molar-refractivity contribution in [1.82, 2.24) is 10.6 Å². The van der Waals surface area contributed by atoms with Gasteiger partial charge in [0.15, 0.2) is 11.5 Å². The number of alkyl halides is 1. The molecule has 1 rings (SSSR count). The lowest BCUT2D eigenvalue weighted by Gasteiger charge is -2.12. The first kappa shape index (κ1) is 20.7. The summed E-state index contributed by atoms with van der Waals surface area (Å²) in [5, 5.41) is 14.5. The van der Waals surface area contributed by atoms with E-state index in [1.54, 1.807) is 0 Å². The molecule has 0 aliphatic heterocycles. The average Bonchev–Trinajstić information content (AvgIpc) is 2.62. The summed E-state index contributed by atoms with van der Waals surface area (Å²) in [4.78, 5) is 11.7.